The largest absolute Gasteiger partial charge is 0.368 e. The third-order valence-electron chi connectivity index (χ3n) is 6.04. The highest BCUT2D eigenvalue weighted by molar-refractivity contribution is 7.80. The molecule has 2 aliphatic rings. The van der Waals surface area contributed by atoms with Gasteiger partial charge in [0.25, 0.3) is 0 Å². The van der Waals surface area contributed by atoms with Crippen LogP contribution >= 0.6 is 12.2 Å². The van der Waals surface area contributed by atoms with Gasteiger partial charge in [0.2, 0.25) is 5.91 Å². The molecular weight excluding hydrogens is 392 g/mol. The molecule has 6 heteroatoms. The molecule has 158 valence electrons. The molecule has 0 spiro atoms. The van der Waals surface area contributed by atoms with E-state index in [2.05, 4.69) is 46.7 Å². The first-order valence-electron chi connectivity index (χ1n) is 10.8. The number of hydrogen-bond acceptors (Lipinski definition) is 3. The van der Waals surface area contributed by atoms with Gasteiger partial charge in [-0.1, -0.05) is 24.3 Å². The van der Waals surface area contributed by atoms with Crippen molar-refractivity contribution in [3.8, 4) is 0 Å². The predicted molar refractivity (Wildman–Crippen MR) is 129 cm³/mol. The van der Waals surface area contributed by atoms with Crippen LogP contribution in [0.5, 0.6) is 0 Å². The summed E-state index contributed by atoms with van der Waals surface area (Å²) in [6.45, 7) is 6.96. The molecule has 1 unspecified atom stereocenters. The molecular formula is C24H30N4OS. The third-order valence-corrected chi connectivity index (χ3v) is 6.29. The van der Waals surface area contributed by atoms with Gasteiger partial charge in [0, 0.05) is 49.2 Å². The number of anilines is 3. The van der Waals surface area contributed by atoms with Crippen LogP contribution < -0.4 is 20.4 Å². The maximum atomic E-state index is 12.1. The minimum absolute atomic E-state index is 0.202. The van der Waals surface area contributed by atoms with Crippen LogP contribution in [0.1, 0.15) is 37.3 Å². The fourth-order valence-corrected chi connectivity index (χ4v) is 4.70. The van der Waals surface area contributed by atoms with Gasteiger partial charge in [-0.25, -0.2) is 0 Å². The lowest BCUT2D eigenvalue weighted by Gasteiger charge is -2.25. The first kappa shape index (κ1) is 20.7. The lowest BCUT2D eigenvalue weighted by atomic mass is 10.1. The summed E-state index contributed by atoms with van der Waals surface area (Å²) in [5, 5.41) is 7.21. The van der Waals surface area contributed by atoms with Crippen molar-refractivity contribution in [2.75, 3.05) is 34.8 Å². The number of nitrogens with one attached hydrogen (secondary N) is 2. The Kier molecular flexibility index (Phi) is 6.23. The van der Waals surface area contributed by atoms with Gasteiger partial charge < -0.3 is 20.4 Å². The topological polar surface area (TPSA) is 47.6 Å². The highest BCUT2D eigenvalue weighted by atomic mass is 32.1. The molecule has 0 aromatic heterocycles. The monoisotopic (exact) mass is 422 g/mol. The van der Waals surface area contributed by atoms with E-state index in [4.69, 9.17) is 12.2 Å². The van der Waals surface area contributed by atoms with E-state index >= 15 is 0 Å². The summed E-state index contributed by atoms with van der Waals surface area (Å²) >= 11 is 5.49. The van der Waals surface area contributed by atoms with Crippen LogP contribution in [0, 0.1) is 6.92 Å². The average Bonchev–Trinajstić information content (AvgIpc) is 3.29. The van der Waals surface area contributed by atoms with E-state index in [9.17, 15) is 4.79 Å². The molecule has 1 amide bonds. The maximum absolute atomic E-state index is 12.1. The summed E-state index contributed by atoms with van der Waals surface area (Å²) < 4.78 is 0. The van der Waals surface area contributed by atoms with Crippen molar-refractivity contribution in [3.05, 3.63) is 53.6 Å². The van der Waals surface area contributed by atoms with Crippen molar-refractivity contribution in [2.24, 2.45) is 0 Å². The fraction of sp³-hybridized carbons (Fsp3) is 0.417. The maximum Gasteiger partial charge on any atom is 0.227 e. The lowest BCUT2D eigenvalue weighted by Crippen LogP contribution is -2.34. The summed E-state index contributed by atoms with van der Waals surface area (Å²) in [5.41, 5.74) is 5.81. The Labute approximate surface area is 184 Å². The zero-order valence-corrected chi connectivity index (χ0v) is 18.6. The summed E-state index contributed by atoms with van der Waals surface area (Å²) in [6.07, 6.45) is 3.70. The van der Waals surface area contributed by atoms with Gasteiger partial charge in [-0.15, -0.1) is 0 Å². The second-order valence-corrected chi connectivity index (χ2v) is 8.67. The second-order valence-electron chi connectivity index (χ2n) is 8.26. The lowest BCUT2D eigenvalue weighted by molar-refractivity contribution is -0.117. The summed E-state index contributed by atoms with van der Waals surface area (Å²) in [4.78, 5) is 16.5. The molecule has 0 saturated carbocycles. The Hall–Kier alpha value is -2.60. The smallest absolute Gasteiger partial charge is 0.227 e. The van der Waals surface area contributed by atoms with E-state index in [1.54, 1.807) is 0 Å². The van der Waals surface area contributed by atoms with Crippen LogP contribution in [0.2, 0.25) is 0 Å². The Morgan fingerprint density at radius 2 is 2.03 bits per heavy atom. The van der Waals surface area contributed by atoms with E-state index < -0.39 is 0 Å². The van der Waals surface area contributed by atoms with Crippen LogP contribution in [0.3, 0.4) is 0 Å². The second kappa shape index (κ2) is 9.04. The number of fused-ring (bicyclic) bond motifs is 1. The number of hydrogen-bond donors (Lipinski definition) is 2. The Balaban J connectivity index is 1.27. The first-order chi connectivity index (χ1) is 14.5. The van der Waals surface area contributed by atoms with Crippen LogP contribution in [0.4, 0.5) is 17.1 Å². The van der Waals surface area contributed by atoms with E-state index in [1.807, 2.05) is 30.0 Å². The van der Waals surface area contributed by atoms with E-state index in [-0.39, 0.29) is 5.91 Å². The van der Waals surface area contributed by atoms with Gasteiger partial charge >= 0.3 is 0 Å². The fourth-order valence-electron chi connectivity index (χ4n) is 4.48. The highest BCUT2D eigenvalue weighted by Crippen LogP contribution is 2.31. The molecule has 0 radical (unpaired) electrons. The standard InChI is InChI=1S/C24H30N4OS/c1-17-10-11-20(16-22(17)28-13-5-9-23(28)29)26-24(30)25-12-6-14-27-18(2)15-19-7-3-4-8-21(19)27/h3-4,7-8,10-11,16,18H,5-6,9,12-15H2,1-2H3,(H2,25,26,30). The van der Waals surface area contributed by atoms with Crippen molar-refractivity contribution >= 4 is 40.3 Å². The van der Waals surface area contributed by atoms with Gasteiger partial charge in [0.1, 0.15) is 0 Å². The zero-order chi connectivity index (χ0) is 21.1. The van der Waals surface area contributed by atoms with Crippen LogP contribution in [0.25, 0.3) is 0 Å². The molecule has 2 aromatic carbocycles. The molecule has 5 nitrogen and oxygen atoms in total. The molecule has 2 aromatic rings. The van der Waals surface area contributed by atoms with Crippen molar-refractivity contribution < 1.29 is 4.79 Å². The van der Waals surface area contributed by atoms with Crippen LogP contribution in [-0.2, 0) is 11.2 Å². The van der Waals surface area contributed by atoms with Crippen LogP contribution in [-0.4, -0.2) is 36.7 Å². The number of aryl methyl sites for hydroxylation is 1. The van der Waals surface area contributed by atoms with Gasteiger partial charge in [-0.05, 0) is 74.7 Å². The Bertz CT molecular complexity index is 945. The quantitative estimate of drug-likeness (QED) is 0.538. The first-order valence-corrected chi connectivity index (χ1v) is 11.2. The van der Waals surface area contributed by atoms with E-state index in [0.29, 0.717) is 17.6 Å². The predicted octanol–water partition coefficient (Wildman–Crippen LogP) is 4.25. The molecule has 2 aliphatic heterocycles. The van der Waals surface area contributed by atoms with Crippen LogP contribution in [0.15, 0.2) is 42.5 Å². The summed E-state index contributed by atoms with van der Waals surface area (Å²) in [7, 11) is 0. The van der Waals surface area contributed by atoms with Crippen molar-refractivity contribution in [1.29, 1.82) is 0 Å². The van der Waals surface area contributed by atoms with Gasteiger partial charge in [-0.3, -0.25) is 4.79 Å². The molecule has 30 heavy (non-hydrogen) atoms. The van der Waals surface area contributed by atoms with E-state index in [1.165, 1.54) is 11.3 Å². The zero-order valence-electron chi connectivity index (χ0n) is 17.8. The molecule has 0 aliphatic carbocycles. The SMILES string of the molecule is Cc1ccc(NC(=S)NCCCN2c3ccccc3CC2C)cc1N1CCCC1=O. The van der Waals surface area contributed by atoms with Crippen molar-refractivity contribution in [2.45, 2.75) is 45.6 Å². The van der Waals surface area contributed by atoms with E-state index in [0.717, 1.165) is 55.8 Å². The van der Waals surface area contributed by atoms with Gasteiger partial charge in [0.15, 0.2) is 5.11 Å². The molecule has 4 rings (SSSR count). The number of carbonyl (C=O) groups is 1. The van der Waals surface area contributed by atoms with Crippen molar-refractivity contribution in [3.63, 3.8) is 0 Å². The number of nitrogens with zero attached hydrogens (tertiary/aromatic N) is 2. The number of thiocarbonyl (C=S) groups is 1. The summed E-state index contributed by atoms with van der Waals surface area (Å²) in [5.74, 6) is 0.202. The number of para-hydroxylation sites is 1. The molecule has 2 heterocycles. The highest BCUT2D eigenvalue weighted by Gasteiger charge is 2.25. The number of amides is 1. The molecule has 1 atom stereocenters. The molecule has 1 fully saturated rings. The average molecular weight is 423 g/mol. The molecule has 2 N–H and O–H groups in total. The molecule has 0 bridgehead atoms. The summed E-state index contributed by atoms with van der Waals surface area (Å²) in [6, 6.07) is 15.3. The Morgan fingerprint density at radius 1 is 1.20 bits per heavy atom. The Morgan fingerprint density at radius 3 is 2.83 bits per heavy atom. The van der Waals surface area contributed by atoms with Gasteiger partial charge in [-0.2, -0.15) is 0 Å². The molecule has 1 saturated heterocycles. The van der Waals surface area contributed by atoms with Crippen molar-refractivity contribution in [1.82, 2.24) is 5.32 Å². The minimum atomic E-state index is 0.202. The van der Waals surface area contributed by atoms with Gasteiger partial charge in [0.05, 0.1) is 0 Å². The number of carbonyl (C=O) groups excluding carboxylic acids is 1. The normalized spacial score (nSPS) is 17.9. The third kappa shape index (κ3) is 4.43. The minimum Gasteiger partial charge on any atom is -0.368 e. The number of rotatable bonds is 6. The number of benzene rings is 2.